The van der Waals surface area contributed by atoms with Crippen LogP contribution < -0.4 is 5.32 Å². The summed E-state index contributed by atoms with van der Waals surface area (Å²) >= 11 is 0. The number of esters is 1. The van der Waals surface area contributed by atoms with Crippen LogP contribution in [0.25, 0.3) is 0 Å². The van der Waals surface area contributed by atoms with Crippen molar-refractivity contribution in [2.75, 3.05) is 34.3 Å². The molecule has 3 fully saturated rings. The minimum absolute atomic E-state index is 0.0562. The molecule has 328 valence electrons. The molecular formula is C40H75N3O13. The lowest BCUT2D eigenvalue weighted by Gasteiger charge is -2.48. The van der Waals surface area contributed by atoms with E-state index in [0.717, 1.165) is 0 Å². The van der Waals surface area contributed by atoms with Gasteiger partial charge in [-0.3, -0.25) is 4.79 Å². The summed E-state index contributed by atoms with van der Waals surface area (Å²) in [6.45, 7) is 19.0. The Hall–Kier alpha value is -1.70. The van der Waals surface area contributed by atoms with Crippen molar-refractivity contribution in [2.24, 2.45) is 17.8 Å². The summed E-state index contributed by atoms with van der Waals surface area (Å²) in [6.07, 6.45) is -9.43. The number of cyclic esters (lactones) is 1. The molecule has 0 aromatic heterocycles. The number of likely N-dealkylation sites (N-methyl/N-ethyl adjacent to an activating group) is 1. The summed E-state index contributed by atoms with van der Waals surface area (Å²) in [5.74, 6) is -3.08. The van der Waals surface area contributed by atoms with Crippen LogP contribution in [-0.2, 0) is 33.2 Å². The smallest absolute Gasteiger partial charge is 0.317 e. The third-order valence-corrected chi connectivity index (χ3v) is 12.5. The molecule has 16 nitrogen and oxygen atoms in total. The number of carbonyl (C=O) groups is 2. The number of aliphatic hydroxyl groups is 5. The topological polar surface area (TPSA) is 209 Å². The summed E-state index contributed by atoms with van der Waals surface area (Å²) in [6, 6.07) is -1.75. The molecule has 0 aromatic carbocycles. The average Bonchev–Trinajstić information content (AvgIpc) is 3.11. The molecule has 3 aliphatic heterocycles. The summed E-state index contributed by atoms with van der Waals surface area (Å²) in [7, 11) is 5.21. The van der Waals surface area contributed by atoms with Crippen molar-refractivity contribution in [1.29, 1.82) is 0 Å². The minimum Gasteiger partial charge on any atom is -0.459 e. The highest BCUT2D eigenvalue weighted by molar-refractivity contribution is 5.74. The van der Waals surface area contributed by atoms with E-state index in [2.05, 4.69) is 5.32 Å². The van der Waals surface area contributed by atoms with Gasteiger partial charge < -0.3 is 69.1 Å². The number of hydrogen-bond acceptors (Lipinski definition) is 14. The van der Waals surface area contributed by atoms with Crippen molar-refractivity contribution >= 4 is 12.0 Å². The zero-order valence-corrected chi connectivity index (χ0v) is 36.3. The van der Waals surface area contributed by atoms with E-state index in [0.29, 0.717) is 13.0 Å². The number of carbonyl (C=O) groups excluding carboxylic acids is 2. The zero-order valence-electron chi connectivity index (χ0n) is 36.3. The minimum atomic E-state index is -2.00. The molecule has 56 heavy (non-hydrogen) atoms. The fraction of sp³-hybridized carbons (Fsp3) is 0.950. The Labute approximate surface area is 334 Å². The quantitative estimate of drug-likeness (QED) is 0.194. The molecule has 0 bridgehead atoms. The van der Waals surface area contributed by atoms with Crippen LogP contribution in [0.15, 0.2) is 0 Å². The molecule has 0 aromatic rings. The van der Waals surface area contributed by atoms with Gasteiger partial charge in [0.1, 0.15) is 30.0 Å². The van der Waals surface area contributed by atoms with Crippen LogP contribution in [0.3, 0.4) is 0 Å². The van der Waals surface area contributed by atoms with Crippen molar-refractivity contribution < 1.29 is 63.5 Å². The Morgan fingerprint density at radius 3 is 2.14 bits per heavy atom. The Balaban J connectivity index is 2.23. The summed E-state index contributed by atoms with van der Waals surface area (Å²) < 4.78 is 37.6. The van der Waals surface area contributed by atoms with Gasteiger partial charge in [-0.2, -0.15) is 0 Å². The first kappa shape index (κ1) is 48.7. The molecule has 3 rings (SSSR count). The second-order valence-corrected chi connectivity index (χ2v) is 17.7. The van der Waals surface area contributed by atoms with Crippen LogP contribution in [0.2, 0.25) is 0 Å². The van der Waals surface area contributed by atoms with Crippen LogP contribution in [-0.4, -0.2) is 172 Å². The van der Waals surface area contributed by atoms with Gasteiger partial charge in [0.25, 0.3) is 0 Å². The monoisotopic (exact) mass is 806 g/mol. The first-order valence-corrected chi connectivity index (χ1v) is 20.4. The third-order valence-electron chi connectivity index (χ3n) is 12.5. The number of hydrogen-bond donors (Lipinski definition) is 6. The van der Waals surface area contributed by atoms with Gasteiger partial charge in [-0.1, -0.05) is 20.8 Å². The highest BCUT2D eigenvalue weighted by Gasteiger charge is 2.53. The highest BCUT2D eigenvalue weighted by Crippen LogP contribution is 2.40. The molecule has 2 amide bonds. The zero-order chi connectivity index (χ0) is 42.7. The molecule has 0 spiro atoms. The molecule has 6 N–H and O–H groups in total. The van der Waals surface area contributed by atoms with Gasteiger partial charge in [0.05, 0.1) is 47.6 Å². The van der Waals surface area contributed by atoms with Crippen LogP contribution >= 0.6 is 0 Å². The number of aliphatic hydroxyl groups excluding tert-OH is 3. The van der Waals surface area contributed by atoms with Gasteiger partial charge in [-0.05, 0) is 94.7 Å². The van der Waals surface area contributed by atoms with Crippen LogP contribution in [0, 0.1) is 17.8 Å². The van der Waals surface area contributed by atoms with E-state index in [1.165, 1.54) is 18.9 Å². The van der Waals surface area contributed by atoms with Crippen molar-refractivity contribution in [3.8, 4) is 0 Å². The Bertz CT molecular complexity index is 1270. The van der Waals surface area contributed by atoms with Crippen molar-refractivity contribution in [2.45, 2.75) is 192 Å². The SMILES string of the molecule is CCNC(=O)N1C[C@H](C)C[C@@](C)(O)[C@H](O[C@@H]2O[C@H](C)C[C@H](N(C)C)[C@H]2O)[C@@H](C)[C@H](O[C@H]2C[C@@](C)(OC)[C@@H](O)[C@H](C)O2)[C@@H](C)C(=O)O[C@H](CC)[C@@](C)(O)[C@H](O)[C@H]1C. The maximum atomic E-state index is 14.3. The predicted octanol–water partition coefficient (Wildman–Crippen LogP) is 2.00. The highest BCUT2D eigenvalue weighted by atomic mass is 16.7. The molecule has 16 heteroatoms. The molecule has 0 aliphatic carbocycles. The van der Waals surface area contributed by atoms with E-state index < -0.39 is 108 Å². The van der Waals surface area contributed by atoms with E-state index in [9.17, 15) is 35.1 Å². The van der Waals surface area contributed by atoms with E-state index >= 15 is 0 Å². The molecule has 0 unspecified atom stereocenters. The third kappa shape index (κ3) is 10.9. The summed E-state index contributed by atoms with van der Waals surface area (Å²) in [5.41, 5.74) is -4.76. The maximum absolute atomic E-state index is 14.3. The summed E-state index contributed by atoms with van der Waals surface area (Å²) in [5, 5.41) is 61.6. The number of rotatable bonds is 8. The van der Waals surface area contributed by atoms with Crippen molar-refractivity contribution in [3.63, 3.8) is 0 Å². The van der Waals surface area contributed by atoms with E-state index in [-0.39, 0.29) is 38.0 Å². The van der Waals surface area contributed by atoms with Crippen molar-refractivity contribution in [3.05, 3.63) is 0 Å². The lowest BCUT2D eigenvalue weighted by Crippen LogP contribution is -2.61. The summed E-state index contributed by atoms with van der Waals surface area (Å²) in [4.78, 5) is 31.2. The lowest BCUT2D eigenvalue weighted by atomic mass is 9.77. The van der Waals surface area contributed by atoms with Crippen LogP contribution in [0.1, 0.15) is 102 Å². The molecule has 3 saturated heterocycles. The second kappa shape index (κ2) is 19.6. The maximum Gasteiger partial charge on any atom is 0.317 e. The standard InChI is InChI=1S/C40H75N3O13/c1-15-28-40(11,50)32(45)25(7)43(37(48)41-16-2)20-21(3)18-38(9,49)34(56-36-30(44)27(42(12)13)17-22(4)52-36)23(5)31(24(6)35(47)54-28)55-29-19-39(10,51-14)33(46)26(8)53-29/h21-34,36,44-46,49-50H,15-20H2,1-14H3,(H,41,48)/t21-,22-,23+,24-,25-,26+,27+,28-,29+,30-,31+,32-,33+,34-,36+,38-,39-,40-/m1/s1. The molecule has 18 atom stereocenters. The number of nitrogens with zero attached hydrogens (tertiary/aromatic N) is 2. The molecule has 3 heterocycles. The lowest BCUT2D eigenvalue weighted by molar-refractivity contribution is -0.318. The normalized spacial score (nSPS) is 46.5. The number of ether oxygens (including phenoxy) is 6. The Kier molecular flexibility index (Phi) is 17.0. The van der Waals surface area contributed by atoms with Gasteiger partial charge in [0, 0.05) is 38.6 Å². The number of amides is 2. The van der Waals surface area contributed by atoms with E-state index in [1.807, 2.05) is 32.8 Å². The number of methoxy groups -OCH3 is 1. The van der Waals surface area contributed by atoms with Gasteiger partial charge in [-0.15, -0.1) is 0 Å². The second-order valence-electron chi connectivity index (χ2n) is 17.7. The number of urea groups is 1. The van der Waals surface area contributed by atoms with Crippen molar-refractivity contribution in [1.82, 2.24) is 15.1 Å². The van der Waals surface area contributed by atoms with Gasteiger partial charge >= 0.3 is 12.0 Å². The molecular weight excluding hydrogens is 730 g/mol. The Morgan fingerprint density at radius 2 is 1.59 bits per heavy atom. The predicted molar refractivity (Wildman–Crippen MR) is 207 cm³/mol. The average molecular weight is 806 g/mol. The van der Waals surface area contributed by atoms with Gasteiger partial charge in [0.2, 0.25) is 0 Å². The first-order valence-electron chi connectivity index (χ1n) is 20.4. The van der Waals surface area contributed by atoms with Crippen LogP contribution in [0.5, 0.6) is 0 Å². The van der Waals surface area contributed by atoms with E-state index in [4.69, 9.17) is 28.4 Å². The fourth-order valence-electron chi connectivity index (χ4n) is 9.03. The Morgan fingerprint density at radius 1 is 0.964 bits per heavy atom. The molecule has 0 radical (unpaired) electrons. The molecule has 0 saturated carbocycles. The van der Waals surface area contributed by atoms with Crippen LogP contribution in [0.4, 0.5) is 4.79 Å². The number of nitrogens with one attached hydrogen (secondary N) is 1. The fourth-order valence-corrected chi connectivity index (χ4v) is 9.03. The van der Waals surface area contributed by atoms with Gasteiger partial charge in [0.15, 0.2) is 12.6 Å². The van der Waals surface area contributed by atoms with E-state index in [1.54, 1.807) is 55.4 Å². The van der Waals surface area contributed by atoms with Gasteiger partial charge in [-0.25, -0.2) is 4.79 Å². The molecule has 3 aliphatic rings. The largest absolute Gasteiger partial charge is 0.459 e. The first-order chi connectivity index (χ1) is 25.9.